The molecule has 3 N–H and O–H groups in total. The fourth-order valence-electron chi connectivity index (χ4n) is 2.47. The average Bonchev–Trinajstić information content (AvgIpc) is 2.46. The van der Waals surface area contributed by atoms with Crippen LogP contribution in [0.5, 0.6) is 0 Å². The van der Waals surface area contributed by atoms with Crippen molar-refractivity contribution in [1.29, 1.82) is 0 Å². The largest absolute Gasteiger partial charge is 0.382 e. The number of piperidine rings is 1. The predicted molar refractivity (Wildman–Crippen MR) is 85.1 cm³/mol. The van der Waals surface area contributed by atoms with E-state index in [1.54, 1.807) is 0 Å². The molecule has 0 spiro atoms. The Morgan fingerprint density at radius 3 is 2.65 bits per heavy atom. The van der Waals surface area contributed by atoms with Crippen molar-refractivity contribution in [1.82, 2.24) is 10.2 Å². The van der Waals surface area contributed by atoms with Crippen molar-refractivity contribution >= 4 is 5.96 Å². The van der Waals surface area contributed by atoms with E-state index in [4.69, 9.17) is 10.5 Å². The van der Waals surface area contributed by atoms with Crippen LogP contribution in [0.3, 0.4) is 0 Å². The van der Waals surface area contributed by atoms with E-state index in [1.165, 1.54) is 32.4 Å². The summed E-state index contributed by atoms with van der Waals surface area (Å²) in [5.74, 6) is 0.548. The Labute approximate surface area is 124 Å². The molecule has 0 bridgehead atoms. The van der Waals surface area contributed by atoms with Gasteiger partial charge in [-0.15, -0.1) is 0 Å². The fourth-order valence-corrected chi connectivity index (χ4v) is 2.47. The molecule has 0 aliphatic carbocycles. The van der Waals surface area contributed by atoms with Gasteiger partial charge in [0.1, 0.15) is 0 Å². The van der Waals surface area contributed by atoms with Crippen LogP contribution in [0.4, 0.5) is 0 Å². The van der Waals surface area contributed by atoms with Crippen LogP contribution in [0.2, 0.25) is 0 Å². The lowest BCUT2D eigenvalue weighted by Gasteiger charge is -2.40. The lowest BCUT2D eigenvalue weighted by Crippen LogP contribution is -2.49. The molecule has 0 aromatic carbocycles. The summed E-state index contributed by atoms with van der Waals surface area (Å²) in [7, 11) is 0. The van der Waals surface area contributed by atoms with Crippen molar-refractivity contribution in [2.24, 2.45) is 10.7 Å². The van der Waals surface area contributed by atoms with Crippen molar-refractivity contribution in [2.75, 3.05) is 39.4 Å². The summed E-state index contributed by atoms with van der Waals surface area (Å²) in [6.45, 7) is 12.0. The number of nitrogens with one attached hydrogen (secondary N) is 1. The quantitative estimate of drug-likeness (QED) is 0.403. The number of aliphatic imine (C=N–C) groups is 1. The zero-order valence-corrected chi connectivity index (χ0v) is 13.5. The molecular weight excluding hydrogens is 252 g/mol. The van der Waals surface area contributed by atoms with Crippen LogP contribution in [0.15, 0.2) is 4.99 Å². The van der Waals surface area contributed by atoms with Gasteiger partial charge < -0.3 is 15.8 Å². The van der Waals surface area contributed by atoms with Gasteiger partial charge in [-0.3, -0.25) is 9.89 Å². The summed E-state index contributed by atoms with van der Waals surface area (Å²) >= 11 is 0. The van der Waals surface area contributed by atoms with Gasteiger partial charge >= 0.3 is 0 Å². The molecule has 0 aromatic heterocycles. The van der Waals surface area contributed by atoms with Gasteiger partial charge in [-0.2, -0.15) is 0 Å². The van der Waals surface area contributed by atoms with Gasteiger partial charge in [-0.1, -0.05) is 6.42 Å². The van der Waals surface area contributed by atoms with E-state index in [1.807, 2.05) is 6.92 Å². The number of hydrogen-bond acceptors (Lipinski definition) is 3. The number of nitrogens with zero attached hydrogens (tertiary/aromatic N) is 2. The summed E-state index contributed by atoms with van der Waals surface area (Å²) in [6.07, 6.45) is 4.93. The van der Waals surface area contributed by atoms with Crippen LogP contribution in [0.1, 0.15) is 46.5 Å². The molecule has 1 saturated heterocycles. The molecule has 0 amide bonds. The third kappa shape index (κ3) is 6.57. The van der Waals surface area contributed by atoms with E-state index in [-0.39, 0.29) is 5.54 Å². The van der Waals surface area contributed by atoms with Gasteiger partial charge in [0.05, 0.1) is 6.54 Å². The maximum Gasteiger partial charge on any atom is 0.188 e. The molecule has 5 heteroatoms. The first kappa shape index (κ1) is 17.2. The summed E-state index contributed by atoms with van der Waals surface area (Å²) in [4.78, 5) is 7.02. The van der Waals surface area contributed by atoms with Crippen molar-refractivity contribution in [3.63, 3.8) is 0 Å². The van der Waals surface area contributed by atoms with E-state index >= 15 is 0 Å². The first-order chi connectivity index (χ1) is 9.56. The second-order valence-electron chi connectivity index (χ2n) is 6.04. The monoisotopic (exact) mass is 284 g/mol. The average molecular weight is 284 g/mol. The zero-order valence-electron chi connectivity index (χ0n) is 13.5. The van der Waals surface area contributed by atoms with Gasteiger partial charge in [-0.05, 0) is 53.1 Å². The minimum atomic E-state index is 0.0953. The molecule has 0 saturated carbocycles. The summed E-state index contributed by atoms with van der Waals surface area (Å²) in [6, 6.07) is 0. The van der Waals surface area contributed by atoms with Crippen molar-refractivity contribution < 1.29 is 4.74 Å². The first-order valence-corrected chi connectivity index (χ1v) is 7.93. The van der Waals surface area contributed by atoms with Crippen LogP contribution in [0, 0.1) is 0 Å². The molecule has 118 valence electrons. The number of rotatable bonds is 8. The van der Waals surface area contributed by atoms with Crippen LogP contribution in [-0.4, -0.2) is 55.8 Å². The van der Waals surface area contributed by atoms with E-state index < -0.39 is 0 Å². The first-order valence-electron chi connectivity index (χ1n) is 7.93. The Morgan fingerprint density at radius 1 is 1.30 bits per heavy atom. The second kappa shape index (κ2) is 9.19. The number of hydrogen-bond donors (Lipinski definition) is 2. The fraction of sp³-hybridized carbons (Fsp3) is 0.933. The summed E-state index contributed by atoms with van der Waals surface area (Å²) in [5, 5.41) is 3.15. The molecule has 1 aliphatic heterocycles. The minimum absolute atomic E-state index is 0.0953. The van der Waals surface area contributed by atoms with E-state index in [0.717, 1.165) is 32.7 Å². The molecule has 0 aromatic rings. The Morgan fingerprint density at radius 2 is 2.00 bits per heavy atom. The number of ether oxygens (including phenoxy) is 1. The van der Waals surface area contributed by atoms with Crippen LogP contribution in [0.25, 0.3) is 0 Å². The Kier molecular flexibility index (Phi) is 7.92. The highest BCUT2D eigenvalue weighted by Crippen LogP contribution is 2.20. The topological polar surface area (TPSA) is 62.9 Å². The van der Waals surface area contributed by atoms with Gasteiger partial charge in [0.2, 0.25) is 0 Å². The Hall–Kier alpha value is -0.810. The van der Waals surface area contributed by atoms with Gasteiger partial charge in [0, 0.05) is 25.3 Å². The Balaban J connectivity index is 2.25. The van der Waals surface area contributed by atoms with Gasteiger partial charge in [-0.25, -0.2) is 0 Å². The van der Waals surface area contributed by atoms with E-state index in [2.05, 4.69) is 29.1 Å². The van der Waals surface area contributed by atoms with E-state index in [9.17, 15) is 0 Å². The smallest absolute Gasteiger partial charge is 0.188 e. The van der Waals surface area contributed by atoms with Crippen molar-refractivity contribution in [2.45, 2.75) is 52.0 Å². The third-order valence-corrected chi connectivity index (χ3v) is 3.82. The second-order valence-corrected chi connectivity index (χ2v) is 6.04. The highest BCUT2D eigenvalue weighted by molar-refractivity contribution is 5.77. The highest BCUT2D eigenvalue weighted by atomic mass is 16.5. The maximum atomic E-state index is 5.90. The zero-order chi connectivity index (χ0) is 14.8. The SMILES string of the molecule is CCOCCCNC(N)=NCC(C)(C)N1CCCCC1. The molecule has 0 atom stereocenters. The number of nitrogens with two attached hydrogens (primary N) is 1. The summed E-state index contributed by atoms with van der Waals surface area (Å²) < 4.78 is 5.28. The normalized spacial score (nSPS) is 18.2. The lowest BCUT2D eigenvalue weighted by atomic mass is 9.99. The van der Waals surface area contributed by atoms with Gasteiger partial charge in [0.25, 0.3) is 0 Å². The molecule has 20 heavy (non-hydrogen) atoms. The molecule has 0 unspecified atom stereocenters. The lowest BCUT2D eigenvalue weighted by molar-refractivity contribution is 0.102. The highest BCUT2D eigenvalue weighted by Gasteiger charge is 2.27. The molecule has 1 fully saturated rings. The minimum Gasteiger partial charge on any atom is -0.382 e. The van der Waals surface area contributed by atoms with Crippen LogP contribution < -0.4 is 11.1 Å². The standard InChI is InChI=1S/C15H32N4O/c1-4-20-12-8-9-17-14(16)18-13-15(2,3)19-10-6-5-7-11-19/h4-13H2,1-3H3,(H3,16,17,18). The summed E-state index contributed by atoms with van der Waals surface area (Å²) in [5.41, 5.74) is 6.00. The van der Waals surface area contributed by atoms with Crippen LogP contribution in [-0.2, 0) is 4.74 Å². The molecule has 5 nitrogen and oxygen atoms in total. The third-order valence-electron chi connectivity index (χ3n) is 3.82. The molecule has 1 heterocycles. The van der Waals surface area contributed by atoms with E-state index in [0.29, 0.717) is 5.96 Å². The maximum absolute atomic E-state index is 5.90. The van der Waals surface area contributed by atoms with Crippen molar-refractivity contribution in [3.8, 4) is 0 Å². The van der Waals surface area contributed by atoms with Crippen LogP contribution >= 0.6 is 0 Å². The van der Waals surface area contributed by atoms with Crippen molar-refractivity contribution in [3.05, 3.63) is 0 Å². The Bertz CT molecular complexity index is 286. The number of guanidine groups is 1. The molecular formula is C15H32N4O. The predicted octanol–water partition coefficient (Wildman–Crippen LogP) is 1.58. The number of likely N-dealkylation sites (tertiary alicyclic amines) is 1. The molecule has 1 aliphatic rings. The van der Waals surface area contributed by atoms with Gasteiger partial charge in [0.15, 0.2) is 5.96 Å². The molecule has 1 rings (SSSR count). The molecule has 0 radical (unpaired) electrons.